The molecule has 0 spiro atoms. The van der Waals surface area contributed by atoms with E-state index in [9.17, 15) is 18.0 Å². The molecule has 2 aromatic heterocycles. The quantitative estimate of drug-likeness (QED) is 0.869. The van der Waals surface area contributed by atoms with Gasteiger partial charge in [-0.25, -0.2) is 9.97 Å². The predicted molar refractivity (Wildman–Crippen MR) is 73.9 cm³/mol. The Morgan fingerprint density at radius 3 is 2.82 bits per heavy atom. The summed E-state index contributed by atoms with van der Waals surface area (Å²) < 4.78 is 40.2. The molecule has 0 atom stereocenters. The van der Waals surface area contributed by atoms with Gasteiger partial charge in [0.25, 0.3) is 0 Å². The topological polar surface area (TPSA) is 85.8 Å². The second-order valence-corrected chi connectivity index (χ2v) is 4.83. The number of alkyl halides is 3. The number of rotatable bonds is 5. The lowest BCUT2D eigenvalue weighted by atomic mass is 10.3. The average Bonchev–Trinajstić information content (AvgIpc) is 2.80. The number of aryl methyl sites for hydroxylation is 2. The predicted octanol–water partition coefficient (Wildman–Crippen LogP) is 1.22. The second kappa shape index (κ2) is 6.30. The zero-order chi connectivity index (χ0) is 16.3. The van der Waals surface area contributed by atoms with E-state index in [4.69, 9.17) is 5.73 Å². The summed E-state index contributed by atoms with van der Waals surface area (Å²) >= 11 is 0. The molecule has 1 amide bonds. The highest BCUT2D eigenvalue weighted by Gasteiger charge is 2.37. The van der Waals surface area contributed by atoms with E-state index >= 15 is 0 Å². The van der Waals surface area contributed by atoms with Crippen molar-refractivity contribution >= 4 is 17.1 Å². The van der Waals surface area contributed by atoms with Crippen molar-refractivity contribution < 1.29 is 18.0 Å². The SMILES string of the molecule is Cc1cnc2c(c1)nc(C(F)(F)F)n2CCC(=O)NCCN. The Labute approximate surface area is 124 Å². The van der Waals surface area contributed by atoms with E-state index in [-0.39, 0.29) is 43.1 Å². The van der Waals surface area contributed by atoms with Gasteiger partial charge in [0.1, 0.15) is 5.52 Å². The average molecular weight is 315 g/mol. The Bertz CT molecular complexity index is 680. The van der Waals surface area contributed by atoms with Gasteiger partial charge in [-0.05, 0) is 18.6 Å². The maximum atomic E-state index is 13.1. The Hall–Kier alpha value is -2.16. The number of imidazole rings is 1. The smallest absolute Gasteiger partial charge is 0.355 e. The molecule has 120 valence electrons. The number of nitrogens with zero attached hydrogens (tertiary/aromatic N) is 3. The van der Waals surface area contributed by atoms with E-state index in [1.807, 2.05) is 0 Å². The summed E-state index contributed by atoms with van der Waals surface area (Å²) in [4.78, 5) is 19.2. The van der Waals surface area contributed by atoms with E-state index < -0.39 is 12.0 Å². The van der Waals surface area contributed by atoms with Crippen molar-refractivity contribution in [3.8, 4) is 0 Å². The van der Waals surface area contributed by atoms with Gasteiger partial charge in [-0.3, -0.25) is 4.79 Å². The zero-order valence-corrected chi connectivity index (χ0v) is 11.9. The lowest BCUT2D eigenvalue weighted by Crippen LogP contribution is -2.30. The van der Waals surface area contributed by atoms with Crippen molar-refractivity contribution in [2.24, 2.45) is 5.73 Å². The molecule has 0 radical (unpaired) electrons. The molecule has 0 unspecified atom stereocenters. The third kappa shape index (κ3) is 3.53. The summed E-state index contributed by atoms with van der Waals surface area (Å²) in [5.41, 5.74) is 6.24. The van der Waals surface area contributed by atoms with Crippen LogP contribution in [0, 0.1) is 6.92 Å². The highest BCUT2D eigenvalue weighted by Crippen LogP contribution is 2.31. The summed E-state index contributed by atoms with van der Waals surface area (Å²) in [6, 6.07) is 1.53. The van der Waals surface area contributed by atoms with Crippen LogP contribution in [0.5, 0.6) is 0 Å². The van der Waals surface area contributed by atoms with E-state index in [0.717, 1.165) is 4.57 Å². The number of hydrogen-bond acceptors (Lipinski definition) is 4. The number of pyridine rings is 1. The molecular weight excluding hydrogens is 299 g/mol. The van der Waals surface area contributed by atoms with Crippen LogP contribution in [0.15, 0.2) is 12.3 Å². The van der Waals surface area contributed by atoms with Crippen LogP contribution in [-0.2, 0) is 17.5 Å². The summed E-state index contributed by atoms with van der Waals surface area (Å²) in [5.74, 6) is -1.42. The van der Waals surface area contributed by atoms with Crippen LogP contribution in [0.3, 0.4) is 0 Å². The van der Waals surface area contributed by atoms with Crippen molar-refractivity contribution in [2.75, 3.05) is 13.1 Å². The van der Waals surface area contributed by atoms with Crippen LogP contribution in [0.1, 0.15) is 17.8 Å². The zero-order valence-electron chi connectivity index (χ0n) is 11.9. The summed E-state index contributed by atoms with van der Waals surface area (Å²) in [6.45, 7) is 2.12. The number of carbonyl (C=O) groups is 1. The number of amides is 1. The van der Waals surface area contributed by atoms with Crippen molar-refractivity contribution in [3.63, 3.8) is 0 Å². The van der Waals surface area contributed by atoms with Crippen LogP contribution >= 0.6 is 0 Å². The Morgan fingerprint density at radius 2 is 2.18 bits per heavy atom. The van der Waals surface area contributed by atoms with E-state index in [0.29, 0.717) is 5.56 Å². The molecule has 3 N–H and O–H groups in total. The lowest BCUT2D eigenvalue weighted by Gasteiger charge is -2.10. The molecule has 0 saturated carbocycles. The van der Waals surface area contributed by atoms with Crippen molar-refractivity contribution in [1.29, 1.82) is 0 Å². The fraction of sp³-hybridized carbons (Fsp3) is 0.462. The summed E-state index contributed by atoms with van der Waals surface area (Å²) in [5, 5.41) is 2.51. The maximum absolute atomic E-state index is 13.1. The standard InChI is InChI=1S/C13H16F3N5O/c1-8-6-9-11(19-7-8)21(12(20-9)13(14,15)16)5-2-10(22)18-4-3-17/h6-7H,2-5,17H2,1H3,(H,18,22). The number of hydrogen-bond donors (Lipinski definition) is 2. The van der Waals surface area contributed by atoms with Gasteiger partial charge in [0, 0.05) is 32.3 Å². The minimum Gasteiger partial charge on any atom is -0.355 e. The van der Waals surface area contributed by atoms with Gasteiger partial charge in [0.05, 0.1) is 0 Å². The van der Waals surface area contributed by atoms with Crippen LogP contribution in [0.4, 0.5) is 13.2 Å². The van der Waals surface area contributed by atoms with Gasteiger partial charge in [-0.2, -0.15) is 13.2 Å². The Kier molecular flexibility index (Phi) is 4.65. The van der Waals surface area contributed by atoms with E-state index in [1.165, 1.54) is 12.3 Å². The van der Waals surface area contributed by atoms with E-state index in [1.54, 1.807) is 6.92 Å². The molecular formula is C13H16F3N5O. The van der Waals surface area contributed by atoms with Gasteiger partial charge in [0.2, 0.25) is 11.7 Å². The third-order valence-corrected chi connectivity index (χ3v) is 3.00. The van der Waals surface area contributed by atoms with Gasteiger partial charge >= 0.3 is 6.18 Å². The molecule has 2 heterocycles. The van der Waals surface area contributed by atoms with Crippen molar-refractivity contribution in [2.45, 2.75) is 26.1 Å². The normalized spacial score (nSPS) is 11.9. The van der Waals surface area contributed by atoms with Crippen LogP contribution in [-0.4, -0.2) is 33.5 Å². The molecule has 6 nitrogen and oxygen atoms in total. The Morgan fingerprint density at radius 1 is 1.45 bits per heavy atom. The molecule has 0 bridgehead atoms. The van der Waals surface area contributed by atoms with Gasteiger partial charge in [0.15, 0.2) is 5.65 Å². The highest BCUT2D eigenvalue weighted by molar-refractivity contribution is 5.76. The van der Waals surface area contributed by atoms with Crippen LogP contribution in [0.2, 0.25) is 0 Å². The van der Waals surface area contributed by atoms with Crippen LogP contribution in [0.25, 0.3) is 11.2 Å². The first kappa shape index (κ1) is 16.2. The maximum Gasteiger partial charge on any atom is 0.449 e. The minimum atomic E-state index is -4.61. The van der Waals surface area contributed by atoms with Crippen molar-refractivity contribution in [3.05, 3.63) is 23.7 Å². The molecule has 2 aromatic rings. The van der Waals surface area contributed by atoms with Gasteiger partial charge in [-0.1, -0.05) is 0 Å². The fourth-order valence-electron chi connectivity index (χ4n) is 2.05. The first-order valence-corrected chi connectivity index (χ1v) is 6.69. The number of aromatic nitrogens is 3. The molecule has 9 heteroatoms. The highest BCUT2D eigenvalue weighted by atomic mass is 19.4. The number of nitrogens with two attached hydrogens (primary N) is 1. The monoisotopic (exact) mass is 315 g/mol. The van der Waals surface area contributed by atoms with Crippen LogP contribution < -0.4 is 11.1 Å². The summed E-state index contributed by atoms with van der Waals surface area (Å²) in [7, 11) is 0. The minimum absolute atomic E-state index is 0.107. The lowest BCUT2D eigenvalue weighted by molar-refractivity contribution is -0.147. The van der Waals surface area contributed by atoms with Gasteiger partial charge < -0.3 is 15.6 Å². The van der Waals surface area contributed by atoms with Crippen molar-refractivity contribution in [1.82, 2.24) is 19.9 Å². The molecule has 22 heavy (non-hydrogen) atoms. The largest absolute Gasteiger partial charge is 0.449 e. The fourth-order valence-corrected chi connectivity index (χ4v) is 2.05. The summed E-state index contributed by atoms with van der Waals surface area (Å²) in [6.07, 6.45) is -3.25. The molecule has 0 aliphatic heterocycles. The molecule has 0 aromatic carbocycles. The van der Waals surface area contributed by atoms with Gasteiger partial charge in [-0.15, -0.1) is 0 Å². The second-order valence-electron chi connectivity index (χ2n) is 4.83. The molecule has 2 rings (SSSR count). The number of halogens is 3. The number of nitrogens with one attached hydrogen (secondary N) is 1. The first-order valence-electron chi connectivity index (χ1n) is 6.69. The van der Waals surface area contributed by atoms with E-state index in [2.05, 4.69) is 15.3 Å². The molecule has 0 fully saturated rings. The molecule has 0 aliphatic carbocycles. The number of carbonyl (C=O) groups excluding carboxylic acids is 1. The molecule has 0 aliphatic rings. The third-order valence-electron chi connectivity index (χ3n) is 3.00. The molecule has 0 saturated heterocycles. The Balaban J connectivity index is 2.31. The first-order chi connectivity index (χ1) is 10.3. The number of fused-ring (bicyclic) bond motifs is 1.